The molecule has 4 aliphatic rings. The molecule has 4 heterocycles. The number of rotatable bonds is 16. The lowest BCUT2D eigenvalue weighted by Gasteiger charge is -2.33. The van der Waals surface area contributed by atoms with E-state index in [1.807, 2.05) is 68.1 Å². The number of nitrogens with zero attached hydrogens (tertiary/aromatic N) is 5. The van der Waals surface area contributed by atoms with Crippen LogP contribution in [0.2, 0.25) is 5.15 Å². The van der Waals surface area contributed by atoms with E-state index in [0.717, 1.165) is 49.1 Å². The molecule has 1 aliphatic heterocycles. The van der Waals surface area contributed by atoms with E-state index in [2.05, 4.69) is 34.0 Å². The molecule has 14 heteroatoms. The Morgan fingerprint density at radius 3 is 2.41 bits per heavy atom. The Morgan fingerprint density at radius 1 is 0.948 bits per heavy atom. The fourth-order valence-electron chi connectivity index (χ4n) is 9.30. The van der Waals surface area contributed by atoms with E-state index in [1.54, 1.807) is 29.1 Å². The summed E-state index contributed by atoms with van der Waals surface area (Å²) in [6, 6.07) is 18.8. The number of nitrogens with one attached hydrogen (secondary N) is 2. The van der Waals surface area contributed by atoms with Crippen molar-refractivity contribution in [2.75, 3.05) is 25.0 Å². The van der Waals surface area contributed by atoms with Gasteiger partial charge in [0.2, 0.25) is 5.88 Å². The predicted molar refractivity (Wildman–Crippen MR) is 224 cm³/mol. The standard InChI is InChI=1S/C44H54ClN7O5S/c1-41(2,3)57-40(54)51-27-30(26-42(51,4)5)12-9-23-46-38-32(56-28-29-10-7-6-8-11-29)14-16-36(48-38)58-50-39(53)31-13-15-34(47-37(31)45)52-24-17-35(49-52)55-25-18-33-43(19-20-43)44(33)21-22-44/h6-8,10-11,13-17,24,30,33H,9,12,18-23,25-28H2,1-5H3,(H,46,48)(H,50,53). The van der Waals surface area contributed by atoms with Gasteiger partial charge in [-0.15, -0.1) is 5.10 Å². The third-order valence-corrected chi connectivity index (χ3v) is 13.3. The molecule has 1 aromatic carbocycles. The van der Waals surface area contributed by atoms with Crippen LogP contribution in [0.25, 0.3) is 5.82 Å². The van der Waals surface area contributed by atoms with Crippen LogP contribution >= 0.6 is 23.5 Å². The average Bonchev–Trinajstić information content (AvgIpc) is 4.14. The number of hydrogen-bond acceptors (Lipinski definition) is 10. The molecular weight excluding hydrogens is 774 g/mol. The molecule has 2 amide bonds. The van der Waals surface area contributed by atoms with Gasteiger partial charge in [-0.05, 0) is 138 Å². The molecular formula is C44H54ClN7O5S. The summed E-state index contributed by atoms with van der Waals surface area (Å²) in [5.74, 6) is 3.01. The first-order valence-corrected chi connectivity index (χ1v) is 21.7. The topological polar surface area (TPSA) is 133 Å². The van der Waals surface area contributed by atoms with Crippen molar-refractivity contribution in [3.8, 4) is 17.4 Å². The van der Waals surface area contributed by atoms with E-state index in [0.29, 0.717) is 71.3 Å². The molecule has 2 N–H and O–H groups in total. The van der Waals surface area contributed by atoms with E-state index in [1.165, 1.54) is 25.7 Å². The molecule has 1 saturated heterocycles. The number of anilines is 1. The Hall–Kier alpha value is -4.49. The number of pyridine rings is 2. The van der Waals surface area contributed by atoms with Crippen molar-refractivity contribution in [2.24, 2.45) is 22.7 Å². The highest BCUT2D eigenvalue weighted by atomic mass is 35.5. The highest BCUT2D eigenvalue weighted by molar-refractivity contribution is 7.97. The van der Waals surface area contributed by atoms with Gasteiger partial charge in [-0.2, -0.15) is 0 Å². The molecule has 1 unspecified atom stereocenters. The van der Waals surface area contributed by atoms with Gasteiger partial charge in [-0.25, -0.2) is 19.4 Å². The van der Waals surface area contributed by atoms with Crippen molar-refractivity contribution in [1.82, 2.24) is 29.4 Å². The Bertz CT molecular complexity index is 2110. The first-order chi connectivity index (χ1) is 27.8. The zero-order valence-corrected chi connectivity index (χ0v) is 35.6. The molecule has 3 aromatic heterocycles. The lowest BCUT2D eigenvalue weighted by atomic mass is 9.93. The Kier molecular flexibility index (Phi) is 11.1. The number of hydrogen-bond donors (Lipinski definition) is 2. The summed E-state index contributed by atoms with van der Waals surface area (Å²) >= 11 is 7.63. The molecule has 4 aromatic rings. The summed E-state index contributed by atoms with van der Waals surface area (Å²) < 4.78 is 22.4. The van der Waals surface area contributed by atoms with Gasteiger partial charge in [0.25, 0.3) is 5.91 Å². The summed E-state index contributed by atoms with van der Waals surface area (Å²) in [4.78, 5) is 37.4. The third-order valence-electron chi connectivity index (χ3n) is 12.3. The molecule has 308 valence electrons. The van der Waals surface area contributed by atoms with Crippen molar-refractivity contribution < 1.29 is 23.8 Å². The minimum atomic E-state index is -0.538. The number of aromatic nitrogens is 4. The fraction of sp³-hybridized carbons (Fsp3) is 0.523. The van der Waals surface area contributed by atoms with Gasteiger partial charge in [0, 0.05) is 42.8 Å². The lowest BCUT2D eigenvalue weighted by molar-refractivity contribution is 0.0130. The fourth-order valence-corrected chi connectivity index (χ4v) is 10.1. The Labute approximate surface area is 350 Å². The highest BCUT2D eigenvalue weighted by Gasteiger charge is 2.85. The molecule has 4 fully saturated rings. The van der Waals surface area contributed by atoms with Crippen LogP contribution in [0.4, 0.5) is 10.6 Å². The zero-order chi connectivity index (χ0) is 40.7. The maximum Gasteiger partial charge on any atom is 0.410 e. The number of fused-ring (bicyclic) bond motifs is 1. The quantitative estimate of drug-likeness (QED) is 0.0640. The number of carbonyl (C=O) groups is 2. The van der Waals surface area contributed by atoms with E-state index >= 15 is 0 Å². The largest absolute Gasteiger partial charge is 0.485 e. The highest BCUT2D eigenvalue weighted by Crippen LogP contribution is 2.93. The van der Waals surface area contributed by atoms with Crippen molar-refractivity contribution in [1.29, 1.82) is 0 Å². The summed E-state index contributed by atoms with van der Waals surface area (Å²) in [7, 11) is 0. The van der Waals surface area contributed by atoms with Crippen LogP contribution in [0.1, 0.15) is 102 Å². The van der Waals surface area contributed by atoms with Crippen molar-refractivity contribution in [3.05, 3.63) is 83.1 Å². The maximum atomic E-state index is 13.3. The van der Waals surface area contributed by atoms with Crippen LogP contribution in [0, 0.1) is 22.7 Å². The van der Waals surface area contributed by atoms with Crippen LogP contribution < -0.4 is 19.5 Å². The molecule has 2 spiro atoms. The van der Waals surface area contributed by atoms with Crippen LogP contribution in [-0.2, 0) is 11.3 Å². The second kappa shape index (κ2) is 15.9. The molecule has 1 atom stereocenters. The van der Waals surface area contributed by atoms with E-state index in [4.69, 9.17) is 30.8 Å². The molecule has 8 rings (SSSR count). The lowest BCUT2D eigenvalue weighted by Crippen LogP contribution is -2.45. The first kappa shape index (κ1) is 40.3. The van der Waals surface area contributed by atoms with Crippen molar-refractivity contribution in [2.45, 2.75) is 109 Å². The normalized spacial score (nSPS) is 19.6. The van der Waals surface area contributed by atoms with Crippen molar-refractivity contribution >= 4 is 41.4 Å². The van der Waals surface area contributed by atoms with Crippen molar-refractivity contribution in [3.63, 3.8) is 0 Å². The van der Waals surface area contributed by atoms with E-state index in [-0.39, 0.29) is 22.3 Å². The predicted octanol–water partition coefficient (Wildman–Crippen LogP) is 9.52. The van der Waals surface area contributed by atoms with Crippen LogP contribution in [0.5, 0.6) is 11.6 Å². The van der Waals surface area contributed by atoms with Gasteiger partial charge in [-0.3, -0.25) is 9.52 Å². The van der Waals surface area contributed by atoms with Crippen LogP contribution in [0.15, 0.2) is 71.9 Å². The SMILES string of the molecule is CC(C)(C)OC(=O)N1CC(CCCNc2nc(SNC(=O)c3ccc(-n4ccc(OCCC5C6(CC6)C56CC6)n4)nc3Cl)ccc2OCc2ccccc2)CC1(C)C. The minimum absolute atomic E-state index is 0.0617. The molecule has 58 heavy (non-hydrogen) atoms. The number of ether oxygens (including phenoxy) is 3. The molecule has 3 saturated carbocycles. The van der Waals surface area contributed by atoms with Gasteiger partial charge >= 0.3 is 6.09 Å². The summed E-state index contributed by atoms with van der Waals surface area (Å²) in [5.41, 5.74) is 1.81. The van der Waals surface area contributed by atoms with Gasteiger partial charge in [0.15, 0.2) is 17.4 Å². The van der Waals surface area contributed by atoms with Gasteiger partial charge in [-0.1, -0.05) is 41.9 Å². The molecule has 3 aliphatic carbocycles. The molecule has 0 bridgehead atoms. The van der Waals surface area contributed by atoms with Gasteiger partial charge in [0.1, 0.15) is 22.4 Å². The first-order valence-electron chi connectivity index (χ1n) is 20.5. The second-order valence-corrected chi connectivity index (χ2v) is 19.1. The monoisotopic (exact) mass is 827 g/mol. The number of benzene rings is 1. The van der Waals surface area contributed by atoms with Gasteiger partial charge in [0.05, 0.1) is 12.2 Å². The number of halogens is 1. The Morgan fingerprint density at radius 2 is 1.71 bits per heavy atom. The van der Waals surface area contributed by atoms with Crippen LogP contribution in [0.3, 0.4) is 0 Å². The molecule has 12 nitrogen and oxygen atoms in total. The zero-order valence-electron chi connectivity index (χ0n) is 34.1. The summed E-state index contributed by atoms with van der Waals surface area (Å²) in [5, 5.41) is 8.63. The third kappa shape index (κ3) is 8.76. The summed E-state index contributed by atoms with van der Waals surface area (Å²) in [6.07, 6.45) is 10.9. The Balaban J connectivity index is 0.847. The number of carbonyl (C=O) groups excluding carboxylic acids is 2. The van der Waals surface area contributed by atoms with Crippen LogP contribution in [-0.4, -0.2) is 67.5 Å². The van der Waals surface area contributed by atoms with E-state index < -0.39 is 11.5 Å². The smallest absolute Gasteiger partial charge is 0.410 e. The molecule has 0 radical (unpaired) electrons. The maximum absolute atomic E-state index is 13.3. The minimum Gasteiger partial charge on any atom is -0.485 e. The summed E-state index contributed by atoms with van der Waals surface area (Å²) in [6.45, 7) is 12.3. The second-order valence-electron chi connectivity index (χ2n) is 18.0. The number of amides is 2. The van der Waals surface area contributed by atoms with E-state index in [9.17, 15) is 9.59 Å². The van der Waals surface area contributed by atoms with Gasteiger partial charge < -0.3 is 24.4 Å². The number of likely N-dealkylation sites (tertiary alicyclic amines) is 1. The average molecular weight is 828 g/mol.